The van der Waals surface area contributed by atoms with Gasteiger partial charge in [0.2, 0.25) is 0 Å². The maximum atomic E-state index is 9.60. The first kappa shape index (κ1) is 11.6. The molecule has 1 unspecified atom stereocenters. The largest absolute Gasteiger partial charge is 0.388 e. The Bertz CT molecular complexity index is 372. The molecule has 0 amide bonds. The van der Waals surface area contributed by atoms with Gasteiger partial charge in [0, 0.05) is 8.81 Å². The van der Waals surface area contributed by atoms with E-state index in [1.54, 1.807) is 0 Å². The van der Waals surface area contributed by atoms with Crippen molar-refractivity contribution in [1.82, 2.24) is 0 Å². The SMILES string of the molecule is O[C@H]1CO[C@H]2[C@@H]1OC[C@H]2OPc1ccccc1. The maximum Gasteiger partial charge on any atom is 0.115 e. The molecule has 0 radical (unpaired) electrons. The van der Waals surface area contributed by atoms with Gasteiger partial charge in [-0.2, -0.15) is 0 Å². The van der Waals surface area contributed by atoms with Gasteiger partial charge in [0.15, 0.2) is 0 Å². The lowest BCUT2D eigenvalue weighted by Crippen LogP contribution is -2.31. The molecule has 0 aliphatic carbocycles. The van der Waals surface area contributed by atoms with E-state index in [2.05, 4.69) is 0 Å². The van der Waals surface area contributed by atoms with Crippen molar-refractivity contribution < 1.29 is 19.1 Å². The van der Waals surface area contributed by atoms with Crippen LogP contribution < -0.4 is 5.30 Å². The van der Waals surface area contributed by atoms with Crippen LogP contribution in [0.1, 0.15) is 0 Å². The highest BCUT2D eigenvalue weighted by atomic mass is 31.1. The molecule has 5 heteroatoms. The van der Waals surface area contributed by atoms with E-state index in [4.69, 9.17) is 14.0 Å². The predicted octanol–water partition coefficient (Wildman–Crippen LogP) is 0.449. The van der Waals surface area contributed by atoms with Crippen molar-refractivity contribution in [3.8, 4) is 0 Å². The number of aliphatic hydroxyl groups is 1. The lowest BCUT2D eigenvalue weighted by atomic mass is 10.1. The summed E-state index contributed by atoms with van der Waals surface area (Å²) in [5.74, 6) is 0. The highest BCUT2D eigenvalue weighted by Crippen LogP contribution is 2.31. The fraction of sp³-hybridized carbons (Fsp3) is 0.500. The predicted molar refractivity (Wildman–Crippen MR) is 64.8 cm³/mol. The third-order valence-corrected chi connectivity index (χ3v) is 4.07. The third kappa shape index (κ3) is 2.37. The zero-order valence-electron chi connectivity index (χ0n) is 9.28. The minimum atomic E-state index is -0.506. The topological polar surface area (TPSA) is 47.9 Å². The average Bonchev–Trinajstić information content (AvgIpc) is 2.92. The van der Waals surface area contributed by atoms with E-state index in [1.165, 1.54) is 0 Å². The molecule has 0 spiro atoms. The lowest BCUT2D eigenvalue weighted by molar-refractivity contribution is 0.0112. The first-order valence-electron chi connectivity index (χ1n) is 5.72. The Morgan fingerprint density at radius 3 is 2.71 bits per heavy atom. The van der Waals surface area contributed by atoms with Gasteiger partial charge < -0.3 is 19.1 Å². The molecule has 17 heavy (non-hydrogen) atoms. The molecule has 1 aromatic carbocycles. The van der Waals surface area contributed by atoms with Crippen LogP contribution in [0.2, 0.25) is 0 Å². The van der Waals surface area contributed by atoms with Gasteiger partial charge in [-0.25, -0.2) is 0 Å². The Hall–Kier alpha value is -0.510. The van der Waals surface area contributed by atoms with Gasteiger partial charge in [-0.15, -0.1) is 0 Å². The smallest absolute Gasteiger partial charge is 0.115 e. The molecule has 92 valence electrons. The van der Waals surface area contributed by atoms with Crippen LogP contribution in [0.5, 0.6) is 0 Å². The minimum Gasteiger partial charge on any atom is -0.388 e. The molecule has 0 bridgehead atoms. The van der Waals surface area contributed by atoms with Crippen LogP contribution in [0.4, 0.5) is 0 Å². The van der Waals surface area contributed by atoms with Crippen LogP contribution in [0.15, 0.2) is 30.3 Å². The summed E-state index contributed by atoms with van der Waals surface area (Å²) < 4.78 is 16.8. The van der Waals surface area contributed by atoms with Crippen molar-refractivity contribution in [2.45, 2.75) is 24.4 Å². The first-order chi connectivity index (χ1) is 8.34. The van der Waals surface area contributed by atoms with Crippen molar-refractivity contribution in [1.29, 1.82) is 0 Å². The van der Waals surface area contributed by atoms with E-state index in [-0.39, 0.29) is 18.3 Å². The Morgan fingerprint density at radius 1 is 1.12 bits per heavy atom. The lowest BCUT2D eigenvalue weighted by Gasteiger charge is -2.16. The standard InChI is InChI=1S/C12H15O4P/c13-9-6-14-12-10(7-15-11(9)12)16-17-8-4-2-1-3-5-8/h1-5,9-13,17H,6-7H2/t9-,10+,11+,12+/m0/s1. The maximum absolute atomic E-state index is 9.60. The number of benzene rings is 1. The molecule has 2 fully saturated rings. The van der Waals surface area contributed by atoms with Crippen LogP contribution >= 0.6 is 8.81 Å². The van der Waals surface area contributed by atoms with Gasteiger partial charge in [-0.1, -0.05) is 30.3 Å². The van der Waals surface area contributed by atoms with Gasteiger partial charge in [-0.05, 0) is 5.30 Å². The van der Waals surface area contributed by atoms with E-state index in [0.717, 1.165) is 5.30 Å². The second-order valence-corrected chi connectivity index (χ2v) is 5.30. The summed E-state index contributed by atoms with van der Waals surface area (Å²) >= 11 is 0. The van der Waals surface area contributed by atoms with Crippen LogP contribution in [0, 0.1) is 0 Å². The summed E-state index contributed by atoms with van der Waals surface area (Å²) in [5, 5.41) is 10.8. The zero-order valence-corrected chi connectivity index (χ0v) is 10.3. The number of fused-ring (bicyclic) bond motifs is 1. The fourth-order valence-electron chi connectivity index (χ4n) is 2.19. The molecule has 2 saturated heterocycles. The molecule has 2 aliphatic heterocycles. The van der Waals surface area contributed by atoms with Crippen molar-refractivity contribution >= 4 is 14.1 Å². The summed E-state index contributed by atoms with van der Waals surface area (Å²) in [4.78, 5) is 0. The van der Waals surface area contributed by atoms with Gasteiger partial charge >= 0.3 is 0 Å². The van der Waals surface area contributed by atoms with E-state index >= 15 is 0 Å². The van der Waals surface area contributed by atoms with Crippen LogP contribution in [-0.2, 0) is 14.0 Å². The number of hydrogen-bond acceptors (Lipinski definition) is 4. The van der Waals surface area contributed by atoms with E-state index < -0.39 is 6.10 Å². The highest BCUT2D eigenvalue weighted by Gasteiger charge is 2.47. The van der Waals surface area contributed by atoms with Crippen molar-refractivity contribution in [2.24, 2.45) is 0 Å². The molecular weight excluding hydrogens is 239 g/mol. The molecular formula is C12H15O4P. The average molecular weight is 254 g/mol. The second kappa shape index (κ2) is 5.01. The normalized spacial score (nSPS) is 36.8. The molecule has 5 atom stereocenters. The van der Waals surface area contributed by atoms with Gasteiger partial charge in [0.25, 0.3) is 0 Å². The van der Waals surface area contributed by atoms with Gasteiger partial charge in [0.1, 0.15) is 24.4 Å². The van der Waals surface area contributed by atoms with E-state index in [0.29, 0.717) is 22.0 Å². The summed E-state index contributed by atoms with van der Waals surface area (Å²) in [6.07, 6.45) is -0.883. The van der Waals surface area contributed by atoms with Gasteiger partial charge in [0.05, 0.1) is 13.2 Å². The zero-order chi connectivity index (χ0) is 11.7. The minimum absolute atomic E-state index is 0.0595. The molecule has 0 aromatic heterocycles. The van der Waals surface area contributed by atoms with Gasteiger partial charge in [-0.3, -0.25) is 0 Å². The van der Waals surface area contributed by atoms with Crippen LogP contribution in [0.25, 0.3) is 0 Å². The highest BCUT2D eigenvalue weighted by molar-refractivity contribution is 7.41. The summed E-state index contributed by atoms with van der Waals surface area (Å²) in [6, 6.07) is 10.1. The quantitative estimate of drug-likeness (QED) is 0.796. The van der Waals surface area contributed by atoms with E-state index in [9.17, 15) is 5.11 Å². The molecule has 1 aromatic rings. The Labute approximate surface area is 102 Å². The van der Waals surface area contributed by atoms with Crippen molar-refractivity contribution in [2.75, 3.05) is 13.2 Å². The van der Waals surface area contributed by atoms with Crippen molar-refractivity contribution in [3.63, 3.8) is 0 Å². The van der Waals surface area contributed by atoms with Crippen LogP contribution in [0.3, 0.4) is 0 Å². The van der Waals surface area contributed by atoms with Crippen molar-refractivity contribution in [3.05, 3.63) is 30.3 Å². The fourth-order valence-corrected chi connectivity index (χ4v) is 3.01. The molecule has 3 rings (SSSR count). The molecule has 2 aliphatic rings. The summed E-state index contributed by atoms with van der Waals surface area (Å²) in [5.41, 5.74) is 0. The van der Waals surface area contributed by atoms with E-state index in [1.807, 2.05) is 30.3 Å². The summed E-state index contributed by atoms with van der Waals surface area (Å²) in [7, 11) is 0.295. The summed E-state index contributed by atoms with van der Waals surface area (Å²) in [6.45, 7) is 0.857. The second-order valence-electron chi connectivity index (χ2n) is 4.29. The first-order valence-corrected chi connectivity index (χ1v) is 6.63. The molecule has 1 N–H and O–H groups in total. The number of ether oxygens (including phenoxy) is 2. The number of rotatable bonds is 3. The van der Waals surface area contributed by atoms with Crippen LogP contribution in [-0.4, -0.2) is 42.7 Å². The molecule has 0 saturated carbocycles. The Balaban J connectivity index is 1.57. The third-order valence-electron chi connectivity index (χ3n) is 3.08. The monoisotopic (exact) mass is 254 g/mol. The Morgan fingerprint density at radius 2 is 1.88 bits per heavy atom. The number of hydrogen-bond donors (Lipinski definition) is 1. The Kier molecular flexibility index (Phi) is 3.41. The number of aliphatic hydroxyl groups excluding tert-OH is 1. The molecule has 4 nitrogen and oxygen atoms in total. The molecule has 2 heterocycles.